The average Bonchev–Trinajstić information content (AvgIpc) is 2.15. The second-order valence-corrected chi connectivity index (χ2v) is 4.72. The monoisotopic (exact) mass is 327 g/mol. The van der Waals surface area contributed by atoms with E-state index in [1.54, 1.807) is 19.1 Å². The number of anilines is 2. The number of hydrogen-bond acceptors (Lipinski definition) is 3. The van der Waals surface area contributed by atoms with Crippen LogP contribution < -0.4 is 16.0 Å². The molecule has 4 nitrogen and oxygen atoms in total. The maximum absolute atomic E-state index is 11.7. The molecular weight excluding hydrogens is 309 g/mol. The Morgan fingerprint density at radius 1 is 1.42 bits per heavy atom. The second-order valence-electron chi connectivity index (χ2n) is 4.29. The average molecular weight is 329 g/mol. The van der Waals surface area contributed by atoms with Gasteiger partial charge < -0.3 is 16.0 Å². The van der Waals surface area contributed by atoms with Gasteiger partial charge in [-0.3, -0.25) is 4.79 Å². The van der Waals surface area contributed by atoms with Gasteiger partial charge in [0.2, 0.25) is 5.91 Å². The van der Waals surface area contributed by atoms with E-state index in [0.29, 0.717) is 17.1 Å². The summed E-state index contributed by atoms with van der Waals surface area (Å²) in [6, 6.07) is 5.23. The first kappa shape index (κ1) is 20.6. The third-order valence-corrected chi connectivity index (χ3v) is 2.46. The Hall–Kier alpha value is -0.680. The fourth-order valence-electron chi connectivity index (χ4n) is 1.49. The quantitative estimate of drug-likeness (QED) is 0.893. The minimum atomic E-state index is -0.156. The molecule has 110 valence electrons. The van der Waals surface area contributed by atoms with E-state index in [1.165, 1.54) is 0 Å². The highest BCUT2D eigenvalue weighted by Gasteiger charge is 2.10. The van der Waals surface area contributed by atoms with Gasteiger partial charge in [0.1, 0.15) is 0 Å². The minimum Gasteiger partial charge on any atom is -0.376 e. The topological polar surface area (TPSA) is 58.4 Å². The summed E-state index contributed by atoms with van der Waals surface area (Å²) in [7, 11) is 3.81. The van der Waals surface area contributed by atoms with Gasteiger partial charge in [0, 0.05) is 31.6 Å². The summed E-state index contributed by atoms with van der Waals surface area (Å²) in [5, 5.41) is 3.41. The fourth-order valence-corrected chi connectivity index (χ4v) is 1.66. The first-order valence-electron chi connectivity index (χ1n) is 5.42. The molecule has 1 aromatic carbocycles. The summed E-state index contributed by atoms with van der Waals surface area (Å²) in [5.74, 6) is -0.106. The number of nitrogens with one attached hydrogen (secondary N) is 1. The molecule has 0 saturated carbocycles. The van der Waals surface area contributed by atoms with Crippen LogP contribution in [0.5, 0.6) is 0 Å². The summed E-state index contributed by atoms with van der Waals surface area (Å²) in [6.45, 7) is 1.80. The molecule has 0 saturated heterocycles. The number of nitrogens with zero attached hydrogens (tertiary/aromatic N) is 1. The van der Waals surface area contributed by atoms with Crippen molar-refractivity contribution < 1.29 is 4.79 Å². The van der Waals surface area contributed by atoms with Crippen molar-refractivity contribution in [2.45, 2.75) is 19.4 Å². The number of amides is 1. The highest BCUT2D eigenvalue weighted by Crippen LogP contribution is 2.27. The summed E-state index contributed by atoms with van der Waals surface area (Å²) in [6.07, 6.45) is 0.291. The predicted octanol–water partition coefficient (Wildman–Crippen LogP) is 2.93. The molecule has 3 N–H and O–H groups in total. The molecule has 1 amide bonds. The van der Waals surface area contributed by atoms with Gasteiger partial charge in [-0.1, -0.05) is 11.6 Å². The molecule has 1 rings (SSSR count). The zero-order valence-corrected chi connectivity index (χ0v) is 13.5. The lowest BCUT2D eigenvalue weighted by molar-refractivity contribution is -0.116. The van der Waals surface area contributed by atoms with Crippen LogP contribution in [0.3, 0.4) is 0 Å². The van der Waals surface area contributed by atoms with Gasteiger partial charge in [-0.05, 0) is 25.1 Å². The van der Waals surface area contributed by atoms with E-state index in [4.69, 9.17) is 17.3 Å². The Balaban J connectivity index is 0. The number of hydrogen-bond donors (Lipinski definition) is 2. The molecule has 0 fully saturated rings. The van der Waals surface area contributed by atoms with E-state index in [-0.39, 0.29) is 36.8 Å². The molecule has 0 radical (unpaired) electrons. The van der Waals surface area contributed by atoms with Crippen molar-refractivity contribution in [3.63, 3.8) is 0 Å². The molecule has 1 atom stereocenters. The van der Waals surface area contributed by atoms with E-state index in [2.05, 4.69) is 5.32 Å². The summed E-state index contributed by atoms with van der Waals surface area (Å²) >= 11 is 5.92. The van der Waals surface area contributed by atoms with E-state index in [1.807, 2.05) is 25.1 Å². The lowest BCUT2D eigenvalue weighted by Crippen LogP contribution is -2.24. The highest BCUT2D eigenvalue weighted by molar-refractivity contribution is 6.31. The van der Waals surface area contributed by atoms with Crippen molar-refractivity contribution in [1.82, 2.24) is 0 Å². The Morgan fingerprint density at radius 2 is 2.00 bits per heavy atom. The van der Waals surface area contributed by atoms with Gasteiger partial charge >= 0.3 is 0 Å². The standard InChI is InChI=1S/C12H18ClN3O.2ClH/c1-8(14)6-12(17)15-10-7-9(13)4-5-11(10)16(2)3;;/h4-5,7-8H,6,14H2,1-3H3,(H,15,17);2*1H. The third-order valence-electron chi connectivity index (χ3n) is 2.22. The Morgan fingerprint density at radius 3 is 2.47 bits per heavy atom. The van der Waals surface area contributed by atoms with E-state index >= 15 is 0 Å². The number of carbonyl (C=O) groups excluding carboxylic acids is 1. The summed E-state index contributed by atoms with van der Waals surface area (Å²) in [5.41, 5.74) is 7.19. The van der Waals surface area contributed by atoms with Crippen LogP contribution in [0, 0.1) is 0 Å². The van der Waals surface area contributed by atoms with E-state index < -0.39 is 0 Å². The number of nitrogens with two attached hydrogens (primary N) is 1. The van der Waals surface area contributed by atoms with Crippen LogP contribution in [-0.4, -0.2) is 26.0 Å². The van der Waals surface area contributed by atoms with Crippen molar-refractivity contribution >= 4 is 53.7 Å². The molecule has 7 heteroatoms. The summed E-state index contributed by atoms with van der Waals surface area (Å²) < 4.78 is 0. The van der Waals surface area contributed by atoms with Crippen LogP contribution >= 0.6 is 36.4 Å². The molecule has 1 unspecified atom stereocenters. The molecule has 0 aliphatic carbocycles. The molecular formula is C12H20Cl3N3O. The zero-order chi connectivity index (χ0) is 13.0. The molecule has 0 spiro atoms. The Kier molecular flexibility index (Phi) is 10.1. The molecule has 0 heterocycles. The van der Waals surface area contributed by atoms with Crippen molar-refractivity contribution in [3.05, 3.63) is 23.2 Å². The number of carbonyl (C=O) groups is 1. The van der Waals surface area contributed by atoms with Crippen LogP contribution in [-0.2, 0) is 4.79 Å². The zero-order valence-electron chi connectivity index (χ0n) is 11.1. The normalized spacial score (nSPS) is 10.8. The van der Waals surface area contributed by atoms with Crippen LogP contribution in [0.25, 0.3) is 0 Å². The van der Waals surface area contributed by atoms with E-state index in [0.717, 1.165) is 5.69 Å². The van der Waals surface area contributed by atoms with Crippen molar-refractivity contribution in [2.24, 2.45) is 5.73 Å². The van der Waals surface area contributed by atoms with Crippen LogP contribution in [0.2, 0.25) is 5.02 Å². The van der Waals surface area contributed by atoms with Gasteiger partial charge in [0.15, 0.2) is 0 Å². The van der Waals surface area contributed by atoms with Crippen molar-refractivity contribution in [1.29, 1.82) is 0 Å². The Labute approximate surface area is 131 Å². The molecule has 0 aliphatic heterocycles. The van der Waals surface area contributed by atoms with Gasteiger partial charge in [-0.25, -0.2) is 0 Å². The maximum Gasteiger partial charge on any atom is 0.225 e. The maximum atomic E-state index is 11.7. The lowest BCUT2D eigenvalue weighted by Gasteiger charge is -2.18. The smallest absolute Gasteiger partial charge is 0.225 e. The van der Waals surface area contributed by atoms with Crippen molar-refractivity contribution in [3.8, 4) is 0 Å². The third kappa shape index (κ3) is 6.87. The molecule has 0 aliphatic rings. The second kappa shape index (κ2) is 9.26. The summed E-state index contributed by atoms with van der Waals surface area (Å²) in [4.78, 5) is 13.6. The Bertz CT molecular complexity index is 411. The van der Waals surface area contributed by atoms with Crippen molar-refractivity contribution in [2.75, 3.05) is 24.3 Å². The highest BCUT2D eigenvalue weighted by atomic mass is 35.5. The van der Waals surface area contributed by atoms with Crippen LogP contribution in [0.1, 0.15) is 13.3 Å². The fraction of sp³-hybridized carbons (Fsp3) is 0.417. The molecule has 0 bridgehead atoms. The van der Waals surface area contributed by atoms with E-state index in [9.17, 15) is 4.79 Å². The molecule has 1 aromatic rings. The predicted molar refractivity (Wildman–Crippen MR) is 87.2 cm³/mol. The first-order chi connectivity index (χ1) is 7.90. The van der Waals surface area contributed by atoms with Crippen LogP contribution in [0.4, 0.5) is 11.4 Å². The molecule has 19 heavy (non-hydrogen) atoms. The number of rotatable bonds is 4. The van der Waals surface area contributed by atoms with Crippen LogP contribution in [0.15, 0.2) is 18.2 Å². The number of benzene rings is 1. The van der Waals surface area contributed by atoms with Gasteiger partial charge in [0.05, 0.1) is 11.4 Å². The van der Waals surface area contributed by atoms with Gasteiger partial charge in [0.25, 0.3) is 0 Å². The largest absolute Gasteiger partial charge is 0.376 e. The number of halogens is 3. The molecule has 0 aromatic heterocycles. The minimum absolute atomic E-state index is 0. The van der Waals surface area contributed by atoms with Gasteiger partial charge in [-0.2, -0.15) is 0 Å². The SMILES string of the molecule is CC(N)CC(=O)Nc1cc(Cl)ccc1N(C)C.Cl.Cl. The van der Waals surface area contributed by atoms with Gasteiger partial charge in [-0.15, -0.1) is 24.8 Å². The lowest BCUT2D eigenvalue weighted by atomic mass is 10.2. The first-order valence-corrected chi connectivity index (χ1v) is 5.80.